The topological polar surface area (TPSA) is 66.5 Å². The van der Waals surface area contributed by atoms with Crippen LogP contribution in [0.15, 0.2) is 34.1 Å². The number of nitrogens with zero attached hydrogens (tertiary/aromatic N) is 1. The molecule has 1 N–H and O–H groups in total. The van der Waals surface area contributed by atoms with Crippen LogP contribution in [0.2, 0.25) is 0 Å². The summed E-state index contributed by atoms with van der Waals surface area (Å²) in [5.74, 6) is 0.722. The van der Waals surface area contributed by atoms with Crippen LogP contribution in [0.4, 0.5) is 0 Å². The molecule has 0 aromatic heterocycles. The molecule has 0 spiro atoms. The molecule has 0 radical (unpaired) electrons. The number of amides is 1. The summed E-state index contributed by atoms with van der Waals surface area (Å²) in [4.78, 5) is 15.6. The summed E-state index contributed by atoms with van der Waals surface area (Å²) >= 11 is 1.35. The van der Waals surface area contributed by atoms with Gasteiger partial charge in [0.25, 0.3) is 0 Å². The van der Waals surface area contributed by atoms with E-state index in [9.17, 15) is 13.2 Å². The summed E-state index contributed by atoms with van der Waals surface area (Å²) in [6, 6.07) is 7.00. The van der Waals surface area contributed by atoms with Gasteiger partial charge in [-0.1, -0.05) is 19.1 Å². The van der Waals surface area contributed by atoms with Crippen LogP contribution < -0.4 is 5.32 Å². The van der Waals surface area contributed by atoms with Gasteiger partial charge in [-0.05, 0) is 51.4 Å². The van der Waals surface area contributed by atoms with Crippen LogP contribution in [-0.4, -0.2) is 56.9 Å². The second-order valence-electron chi connectivity index (χ2n) is 6.52. The fourth-order valence-electron chi connectivity index (χ4n) is 3.17. The van der Waals surface area contributed by atoms with Gasteiger partial charge in [0.15, 0.2) is 9.84 Å². The molecule has 2 unspecified atom stereocenters. The van der Waals surface area contributed by atoms with Gasteiger partial charge in [-0.2, -0.15) is 0 Å². The van der Waals surface area contributed by atoms with Crippen molar-refractivity contribution in [3.05, 3.63) is 24.3 Å². The van der Waals surface area contributed by atoms with Gasteiger partial charge in [0.05, 0.1) is 15.9 Å². The minimum absolute atomic E-state index is 0. The molecule has 1 aliphatic heterocycles. The minimum atomic E-state index is -3.30. The number of benzene rings is 1. The Balaban J connectivity index is 0.00000338. The first-order chi connectivity index (χ1) is 11.9. The first kappa shape index (κ1) is 23.3. The molecule has 1 aromatic rings. The van der Waals surface area contributed by atoms with Gasteiger partial charge in [-0.3, -0.25) is 4.79 Å². The molecule has 0 saturated carbocycles. The van der Waals surface area contributed by atoms with E-state index < -0.39 is 9.84 Å². The van der Waals surface area contributed by atoms with Crippen molar-refractivity contribution in [1.82, 2.24) is 10.2 Å². The van der Waals surface area contributed by atoms with E-state index in [1.807, 2.05) is 31.9 Å². The minimum Gasteiger partial charge on any atom is -0.341 e. The number of likely N-dealkylation sites (tertiary alicyclic amines) is 1. The molecular formula is C18H29ClN2O3S2. The third kappa shape index (κ3) is 5.87. The van der Waals surface area contributed by atoms with Crippen molar-refractivity contribution in [2.75, 3.05) is 32.4 Å². The zero-order chi connectivity index (χ0) is 18.4. The monoisotopic (exact) mass is 420 g/mol. The first-order valence-corrected chi connectivity index (χ1v) is 11.3. The predicted octanol–water partition coefficient (Wildman–Crippen LogP) is 2.84. The van der Waals surface area contributed by atoms with Gasteiger partial charge in [-0.15, -0.1) is 24.2 Å². The highest BCUT2D eigenvalue weighted by molar-refractivity contribution is 8.01. The number of carbonyl (C=O) groups is 1. The summed E-state index contributed by atoms with van der Waals surface area (Å²) in [6.07, 6.45) is 1.60. The normalized spacial score (nSPS) is 18.4. The van der Waals surface area contributed by atoms with E-state index in [1.54, 1.807) is 18.2 Å². The van der Waals surface area contributed by atoms with E-state index in [2.05, 4.69) is 5.32 Å². The van der Waals surface area contributed by atoms with Crippen LogP contribution in [0.25, 0.3) is 0 Å². The third-order valence-electron chi connectivity index (χ3n) is 4.40. The van der Waals surface area contributed by atoms with E-state index in [-0.39, 0.29) is 29.3 Å². The third-order valence-corrected chi connectivity index (χ3v) is 7.67. The van der Waals surface area contributed by atoms with E-state index in [4.69, 9.17) is 0 Å². The highest BCUT2D eigenvalue weighted by Crippen LogP contribution is 2.32. The van der Waals surface area contributed by atoms with Crippen LogP contribution in [0.1, 0.15) is 26.7 Å². The Labute approximate surface area is 167 Å². The summed E-state index contributed by atoms with van der Waals surface area (Å²) in [7, 11) is -1.37. The lowest BCUT2D eigenvalue weighted by atomic mass is 10.1. The fraction of sp³-hybridized carbons (Fsp3) is 0.611. The molecule has 1 saturated heterocycles. The van der Waals surface area contributed by atoms with Crippen LogP contribution in [0, 0.1) is 5.92 Å². The number of thioether (sulfide) groups is 1. The van der Waals surface area contributed by atoms with Gasteiger partial charge >= 0.3 is 0 Å². The summed E-state index contributed by atoms with van der Waals surface area (Å²) in [5, 5.41) is 2.86. The van der Waals surface area contributed by atoms with Gasteiger partial charge in [0.1, 0.15) is 0 Å². The molecule has 0 aliphatic carbocycles. The van der Waals surface area contributed by atoms with Crippen LogP contribution >= 0.6 is 24.2 Å². The van der Waals surface area contributed by atoms with Crippen LogP contribution in [0.3, 0.4) is 0 Å². The average molecular weight is 421 g/mol. The van der Waals surface area contributed by atoms with Crippen LogP contribution in [0.5, 0.6) is 0 Å². The molecule has 26 heavy (non-hydrogen) atoms. The smallest absolute Gasteiger partial charge is 0.235 e. The van der Waals surface area contributed by atoms with E-state index >= 15 is 0 Å². The molecular weight excluding hydrogens is 392 g/mol. The largest absolute Gasteiger partial charge is 0.341 e. The maximum Gasteiger partial charge on any atom is 0.235 e. The Bertz CT molecular complexity index is 697. The van der Waals surface area contributed by atoms with Crippen molar-refractivity contribution >= 4 is 39.9 Å². The number of sulfone groups is 1. The average Bonchev–Trinajstić information content (AvgIpc) is 3.03. The zero-order valence-electron chi connectivity index (χ0n) is 15.6. The van der Waals surface area contributed by atoms with E-state index in [1.165, 1.54) is 11.8 Å². The van der Waals surface area contributed by atoms with Crippen molar-refractivity contribution in [3.63, 3.8) is 0 Å². The fourth-order valence-corrected chi connectivity index (χ4v) is 6.08. The SMILES string of the molecule is CCCS(=O)(=O)c1ccccc1SC(C)C(=O)N1CCC(CNC)C1.Cl. The highest BCUT2D eigenvalue weighted by Gasteiger charge is 2.30. The maximum atomic E-state index is 12.7. The van der Waals surface area contributed by atoms with Crippen molar-refractivity contribution in [1.29, 1.82) is 0 Å². The number of rotatable bonds is 8. The summed E-state index contributed by atoms with van der Waals surface area (Å²) < 4.78 is 24.9. The molecule has 0 bridgehead atoms. The van der Waals surface area contributed by atoms with E-state index in [0.717, 1.165) is 26.1 Å². The number of nitrogens with one attached hydrogen (secondary N) is 1. The molecule has 1 aromatic carbocycles. The Morgan fingerprint density at radius 1 is 1.38 bits per heavy atom. The molecule has 8 heteroatoms. The summed E-state index contributed by atoms with van der Waals surface area (Å²) in [5.41, 5.74) is 0. The lowest BCUT2D eigenvalue weighted by Crippen LogP contribution is -2.35. The quantitative estimate of drug-likeness (QED) is 0.655. The zero-order valence-corrected chi connectivity index (χ0v) is 18.1. The molecule has 5 nitrogen and oxygen atoms in total. The summed E-state index contributed by atoms with van der Waals surface area (Å²) in [6.45, 7) is 6.20. The molecule has 148 valence electrons. The van der Waals surface area contributed by atoms with Crippen molar-refractivity contribution < 1.29 is 13.2 Å². The number of hydrogen-bond acceptors (Lipinski definition) is 5. The predicted molar refractivity (Wildman–Crippen MR) is 110 cm³/mol. The van der Waals surface area contributed by atoms with Gasteiger partial charge in [0, 0.05) is 18.0 Å². The standard InChI is InChI=1S/C18H28N2O3S2.ClH/c1-4-11-25(22,23)17-8-6-5-7-16(17)24-14(2)18(21)20-10-9-15(13-20)12-19-3;/h5-8,14-15,19H,4,9-13H2,1-3H3;1H. The second kappa shape index (κ2) is 10.5. The molecule has 2 atom stereocenters. The Hall–Kier alpha value is -0.760. The Kier molecular flexibility index (Phi) is 9.44. The first-order valence-electron chi connectivity index (χ1n) is 8.80. The van der Waals surface area contributed by atoms with Crippen LogP contribution in [-0.2, 0) is 14.6 Å². The highest BCUT2D eigenvalue weighted by atomic mass is 35.5. The molecule has 1 heterocycles. The lowest BCUT2D eigenvalue weighted by Gasteiger charge is -2.21. The molecule has 1 fully saturated rings. The number of halogens is 1. The Morgan fingerprint density at radius 3 is 2.73 bits per heavy atom. The van der Waals surface area contributed by atoms with Crippen molar-refractivity contribution in [2.24, 2.45) is 5.92 Å². The Morgan fingerprint density at radius 2 is 2.08 bits per heavy atom. The molecule has 1 amide bonds. The van der Waals surface area contributed by atoms with Gasteiger partial charge in [0.2, 0.25) is 5.91 Å². The molecule has 1 aliphatic rings. The second-order valence-corrected chi connectivity index (χ2v) is 9.98. The number of hydrogen-bond donors (Lipinski definition) is 1. The lowest BCUT2D eigenvalue weighted by molar-refractivity contribution is -0.129. The number of carbonyl (C=O) groups excluding carboxylic acids is 1. The molecule has 2 rings (SSSR count). The van der Waals surface area contributed by atoms with E-state index in [0.29, 0.717) is 22.1 Å². The maximum absolute atomic E-state index is 12.7. The van der Waals surface area contributed by atoms with Crippen molar-refractivity contribution in [3.8, 4) is 0 Å². The van der Waals surface area contributed by atoms with Crippen molar-refractivity contribution in [2.45, 2.75) is 41.7 Å². The van der Waals surface area contributed by atoms with Gasteiger partial charge in [-0.25, -0.2) is 8.42 Å². The van der Waals surface area contributed by atoms with Gasteiger partial charge < -0.3 is 10.2 Å².